The van der Waals surface area contributed by atoms with Crippen molar-refractivity contribution in [1.82, 2.24) is 5.32 Å². The van der Waals surface area contributed by atoms with E-state index >= 15 is 0 Å². The summed E-state index contributed by atoms with van der Waals surface area (Å²) in [5.41, 5.74) is 0. The van der Waals surface area contributed by atoms with Crippen LogP contribution in [0, 0.1) is 0 Å². The first-order valence-electron chi connectivity index (χ1n) is 9.20. The number of esters is 1. The zero-order chi connectivity index (χ0) is 16.0. The molecule has 0 saturated carbocycles. The number of carbonyl (C=O) groups is 2. The summed E-state index contributed by atoms with van der Waals surface area (Å²) < 4.78 is 5.20. The summed E-state index contributed by atoms with van der Waals surface area (Å²) in [4.78, 5) is 22.7. The first kappa shape index (κ1) is 19.0. The first-order valence-corrected chi connectivity index (χ1v) is 9.20. The molecule has 0 bridgehead atoms. The topological polar surface area (TPSA) is 55.4 Å². The third-order valence-electron chi connectivity index (χ3n) is 4.27. The summed E-state index contributed by atoms with van der Waals surface area (Å²) in [6, 6.07) is -0.403. The molecule has 0 aromatic heterocycles. The number of rotatable bonds is 13. The molecular weight excluding hydrogens is 278 g/mol. The SMILES string of the molecule is CCCCCCCCCCCCCOC(=O)[C@@H]1CCC(=O)N1. The fourth-order valence-electron chi connectivity index (χ4n) is 2.83. The highest BCUT2D eigenvalue weighted by molar-refractivity contribution is 5.87. The van der Waals surface area contributed by atoms with Gasteiger partial charge in [0.05, 0.1) is 6.61 Å². The van der Waals surface area contributed by atoms with Crippen molar-refractivity contribution in [2.45, 2.75) is 96.4 Å². The maximum Gasteiger partial charge on any atom is 0.328 e. The fraction of sp³-hybridized carbons (Fsp3) is 0.889. The third kappa shape index (κ3) is 9.06. The maximum atomic E-state index is 11.6. The molecule has 1 rings (SSSR count). The van der Waals surface area contributed by atoms with Crippen molar-refractivity contribution >= 4 is 11.9 Å². The molecular formula is C18H33NO3. The van der Waals surface area contributed by atoms with E-state index in [1.54, 1.807) is 0 Å². The highest BCUT2D eigenvalue weighted by Crippen LogP contribution is 2.12. The van der Waals surface area contributed by atoms with Crippen molar-refractivity contribution in [2.75, 3.05) is 6.61 Å². The van der Waals surface area contributed by atoms with Crippen LogP contribution in [0.4, 0.5) is 0 Å². The second kappa shape index (κ2) is 12.5. The lowest BCUT2D eigenvalue weighted by atomic mass is 10.1. The van der Waals surface area contributed by atoms with E-state index in [1.165, 1.54) is 57.8 Å². The molecule has 1 aliphatic heterocycles. The van der Waals surface area contributed by atoms with Gasteiger partial charge in [0, 0.05) is 6.42 Å². The Labute approximate surface area is 135 Å². The summed E-state index contributed by atoms with van der Waals surface area (Å²) >= 11 is 0. The van der Waals surface area contributed by atoms with Gasteiger partial charge in [-0.2, -0.15) is 0 Å². The Hall–Kier alpha value is -1.06. The van der Waals surface area contributed by atoms with Crippen LogP contribution >= 0.6 is 0 Å². The van der Waals surface area contributed by atoms with Crippen molar-refractivity contribution in [2.24, 2.45) is 0 Å². The maximum absolute atomic E-state index is 11.6. The molecule has 22 heavy (non-hydrogen) atoms. The Bertz CT molecular complexity index is 317. The van der Waals surface area contributed by atoms with Gasteiger partial charge in [-0.05, 0) is 12.8 Å². The molecule has 0 aliphatic carbocycles. The second-order valence-electron chi connectivity index (χ2n) is 6.36. The highest BCUT2D eigenvalue weighted by atomic mass is 16.5. The number of nitrogens with one attached hydrogen (secondary N) is 1. The van der Waals surface area contributed by atoms with E-state index in [0.717, 1.165) is 12.8 Å². The number of amides is 1. The van der Waals surface area contributed by atoms with Gasteiger partial charge in [-0.3, -0.25) is 4.79 Å². The van der Waals surface area contributed by atoms with Gasteiger partial charge in [-0.25, -0.2) is 4.79 Å². The summed E-state index contributed by atoms with van der Waals surface area (Å²) in [6.45, 7) is 2.74. The number of hydrogen-bond acceptors (Lipinski definition) is 3. The number of hydrogen-bond donors (Lipinski definition) is 1. The van der Waals surface area contributed by atoms with E-state index in [4.69, 9.17) is 4.74 Å². The van der Waals surface area contributed by atoms with Crippen molar-refractivity contribution in [1.29, 1.82) is 0 Å². The Morgan fingerprint density at radius 1 is 1.00 bits per heavy atom. The van der Waals surface area contributed by atoms with Crippen molar-refractivity contribution in [3.8, 4) is 0 Å². The van der Waals surface area contributed by atoms with Crippen LogP contribution in [0.3, 0.4) is 0 Å². The smallest absolute Gasteiger partial charge is 0.328 e. The molecule has 1 fully saturated rings. The van der Waals surface area contributed by atoms with Crippen LogP contribution in [0.25, 0.3) is 0 Å². The van der Waals surface area contributed by atoms with Crippen LogP contribution in [0.2, 0.25) is 0 Å². The van der Waals surface area contributed by atoms with Crippen LogP contribution in [0.1, 0.15) is 90.4 Å². The molecule has 1 N–H and O–H groups in total. The molecule has 1 aliphatic rings. The molecule has 0 unspecified atom stereocenters. The Morgan fingerprint density at radius 3 is 2.05 bits per heavy atom. The molecule has 4 nitrogen and oxygen atoms in total. The van der Waals surface area contributed by atoms with Gasteiger partial charge < -0.3 is 10.1 Å². The van der Waals surface area contributed by atoms with E-state index < -0.39 is 6.04 Å². The minimum Gasteiger partial charge on any atom is -0.464 e. The second-order valence-corrected chi connectivity index (χ2v) is 6.36. The highest BCUT2D eigenvalue weighted by Gasteiger charge is 2.28. The first-order chi connectivity index (χ1) is 10.7. The lowest BCUT2D eigenvalue weighted by molar-refractivity contribution is -0.146. The van der Waals surface area contributed by atoms with E-state index in [1.807, 2.05) is 0 Å². The Morgan fingerprint density at radius 2 is 1.55 bits per heavy atom. The predicted molar refractivity (Wildman–Crippen MR) is 88.6 cm³/mol. The van der Waals surface area contributed by atoms with Gasteiger partial charge in [-0.15, -0.1) is 0 Å². The van der Waals surface area contributed by atoms with Gasteiger partial charge in [0.15, 0.2) is 0 Å². The van der Waals surface area contributed by atoms with Crippen LogP contribution < -0.4 is 5.32 Å². The molecule has 0 aromatic rings. The van der Waals surface area contributed by atoms with Gasteiger partial charge in [0.25, 0.3) is 0 Å². The number of unbranched alkanes of at least 4 members (excludes halogenated alkanes) is 10. The largest absolute Gasteiger partial charge is 0.464 e. The van der Waals surface area contributed by atoms with Crippen molar-refractivity contribution < 1.29 is 14.3 Å². The normalized spacial score (nSPS) is 17.5. The Kier molecular flexibility index (Phi) is 10.8. The van der Waals surface area contributed by atoms with E-state index in [9.17, 15) is 9.59 Å². The summed E-state index contributed by atoms with van der Waals surface area (Å²) in [6.07, 6.45) is 15.2. The van der Waals surface area contributed by atoms with Gasteiger partial charge >= 0.3 is 5.97 Å². The summed E-state index contributed by atoms with van der Waals surface area (Å²) in [7, 11) is 0. The van der Waals surface area contributed by atoms with Gasteiger partial charge in [0.2, 0.25) is 5.91 Å². The van der Waals surface area contributed by atoms with E-state index in [2.05, 4.69) is 12.2 Å². The lowest BCUT2D eigenvalue weighted by Gasteiger charge is -2.09. The fourth-order valence-corrected chi connectivity index (χ4v) is 2.83. The monoisotopic (exact) mass is 311 g/mol. The van der Waals surface area contributed by atoms with Gasteiger partial charge in [-0.1, -0.05) is 71.1 Å². The standard InChI is InChI=1S/C18H33NO3/c1-2-3-4-5-6-7-8-9-10-11-12-15-22-18(21)16-13-14-17(20)19-16/h16H,2-15H2,1H3,(H,19,20)/t16-/m0/s1. The minimum absolute atomic E-state index is 0.0448. The third-order valence-corrected chi connectivity index (χ3v) is 4.27. The summed E-state index contributed by atoms with van der Waals surface area (Å²) in [5, 5.41) is 2.63. The molecule has 1 atom stereocenters. The minimum atomic E-state index is -0.403. The molecule has 0 aromatic carbocycles. The summed E-state index contributed by atoms with van der Waals surface area (Å²) in [5.74, 6) is -0.311. The average Bonchev–Trinajstić information content (AvgIpc) is 2.95. The quantitative estimate of drug-likeness (QED) is 0.411. The van der Waals surface area contributed by atoms with Crippen molar-refractivity contribution in [3.05, 3.63) is 0 Å². The molecule has 128 valence electrons. The van der Waals surface area contributed by atoms with Crippen LogP contribution in [0.5, 0.6) is 0 Å². The molecule has 4 heteroatoms. The Balaban J connectivity index is 1.80. The zero-order valence-corrected chi connectivity index (χ0v) is 14.2. The van der Waals surface area contributed by atoms with E-state index in [-0.39, 0.29) is 11.9 Å². The molecule has 1 amide bonds. The zero-order valence-electron chi connectivity index (χ0n) is 14.2. The lowest BCUT2D eigenvalue weighted by Crippen LogP contribution is -2.34. The number of carbonyl (C=O) groups excluding carboxylic acids is 2. The molecule has 1 saturated heterocycles. The number of ether oxygens (including phenoxy) is 1. The van der Waals surface area contributed by atoms with Crippen molar-refractivity contribution in [3.63, 3.8) is 0 Å². The van der Waals surface area contributed by atoms with Gasteiger partial charge in [0.1, 0.15) is 6.04 Å². The van der Waals surface area contributed by atoms with Crippen LogP contribution in [-0.2, 0) is 14.3 Å². The van der Waals surface area contributed by atoms with Crippen LogP contribution in [-0.4, -0.2) is 24.5 Å². The van der Waals surface area contributed by atoms with E-state index in [0.29, 0.717) is 19.4 Å². The van der Waals surface area contributed by atoms with Crippen LogP contribution in [0.15, 0.2) is 0 Å². The molecule has 0 spiro atoms. The molecule has 0 radical (unpaired) electrons. The predicted octanol–water partition coefficient (Wildman–Crippen LogP) is 4.12. The average molecular weight is 311 g/mol. The molecule has 1 heterocycles.